The molecule has 0 saturated heterocycles. The van der Waals surface area contributed by atoms with Gasteiger partial charge in [0.1, 0.15) is 11.6 Å². The first-order valence-corrected chi connectivity index (χ1v) is 8.44. The Kier molecular flexibility index (Phi) is 5.40. The van der Waals surface area contributed by atoms with Gasteiger partial charge in [-0.05, 0) is 25.1 Å². The predicted molar refractivity (Wildman–Crippen MR) is 96.1 cm³/mol. The van der Waals surface area contributed by atoms with Gasteiger partial charge in [-0.1, -0.05) is 29.8 Å². The first kappa shape index (κ1) is 17.5. The molecule has 1 aromatic heterocycles. The van der Waals surface area contributed by atoms with Gasteiger partial charge < -0.3 is 14.8 Å². The first-order valence-electron chi connectivity index (χ1n) is 8.07. The number of hydrogen-bond donors (Lipinski definition) is 2. The van der Waals surface area contributed by atoms with Crippen molar-refractivity contribution in [3.63, 3.8) is 0 Å². The van der Waals surface area contributed by atoms with Gasteiger partial charge in [-0.25, -0.2) is 9.78 Å². The van der Waals surface area contributed by atoms with E-state index in [9.17, 15) is 4.79 Å². The SMILES string of the molecule is COC(C)c1cccc(NC(=O)N[C@H]2CCOc3c(Cl)cccc32)n1. The van der Waals surface area contributed by atoms with Crippen LogP contribution in [-0.4, -0.2) is 24.7 Å². The Morgan fingerprint density at radius 3 is 2.96 bits per heavy atom. The maximum atomic E-state index is 12.4. The van der Waals surface area contributed by atoms with Gasteiger partial charge in [-0.2, -0.15) is 0 Å². The van der Waals surface area contributed by atoms with Gasteiger partial charge in [0.25, 0.3) is 0 Å². The molecule has 1 aliphatic heterocycles. The molecular formula is C18H20ClN3O3. The summed E-state index contributed by atoms with van der Waals surface area (Å²) < 4.78 is 10.9. The van der Waals surface area contributed by atoms with Crippen LogP contribution < -0.4 is 15.4 Å². The Hall–Kier alpha value is -2.31. The number of carbonyl (C=O) groups excluding carboxylic acids is 1. The first-order chi connectivity index (χ1) is 12.1. The Morgan fingerprint density at radius 1 is 1.36 bits per heavy atom. The molecule has 132 valence electrons. The maximum Gasteiger partial charge on any atom is 0.320 e. The molecule has 6 nitrogen and oxygen atoms in total. The third-order valence-electron chi connectivity index (χ3n) is 4.11. The highest BCUT2D eigenvalue weighted by Gasteiger charge is 2.24. The molecule has 2 amide bonds. The monoisotopic (exact) mass is 361 g/mol. The van der Waals surface area contributed by atoms with Crippen molar-refractivity contribution in [1.82, 2.24) is 10.3 Å². The number of anilines is 1. The number of para-hydroxylation sites is 1. The summed E-state index contributed by atoms with van der Waals surface area (Å²) in [4.78, 5) is 16.8. The van der Waals surface area contributed by atoms with E-state index in [0.717, 1.165) is 11.3 Å². The van der Waals surface area contributed by atoms with E-state index < -0.39 is 0 Å². The molecule has 1 aliphatic rings. The zero-order chi connectivity index (χ0) is 17.8. The Bertz CT molecular complexity index is 769. The predicted octanol–water partition coefficient (Wildman–Crippen LogP) is 4.09. The fourth-order valence-electron chi connectivity index (χ4n) is 2.72. The summed E-state index contributed by atoms with van der Waals surface area (Å²) in [6, 6.07) is 10.5. The van der Waals surface area contributed by atoms with Gasteiger partial charge in [0.15, 0.2) is 0 Å². The summed E-state index contributed by atoms with van der Waals surface area (Å²) >= 11 is 6.16. The lowest BCUT2D eigenvalue weighted by Crippen LogP contribution is -2.35. The second-order valence-corrected chi connectivity index (χ2v) is 6.18. The summed E-state index contributed by atoms with van der Waals surface area (Å²) in [5.74, 6) is 1.10. The molecule has 2 heterocycles. The minimum Gasteiger partial charge on any atom is -0.492 e. The largest absolute Gasteiger partial charge is 0.492 e. The second-order valence-electron chi connectivity index (χ2n) is 5.77. The van der Waals surface area contributed by atoms with Crippen LogP contribution in [0, 0.1) is 0 Å². The Morgan fingerprint density at radius 2 is 2.16 bits per heavy atom. The number of aromatic nitrogens is 1. The highest BCUT2D eigenvalue weighted by molar-refractivity contribution is 6.32. The fraction of sp³-hybridized carbons (Fsp3) is 0.333. The van der Waals surface area contributed by atoms with Gasteiger partial charge in [-0.3, -0.25) is 5.32 Å². The van der Waals surface area contributed by atoms with Crippen molar-refractivity contribution in [2.45, 2.75) is 25.5 Å². The number of methoxy groups -OCH3 is 1. The lowest BCUT2D eigenvalue weighted by molar-refractivity contribution is 0.116. The molecule has 2 aromatic rings. The van der Waals surface area contributed by atoms with E-state index in [-0.39, 0.29) is 18.2 Å². The summed E-state index contributed by atoms with van der Waals surface area (Å²) in [6.07, 6.45) is 0.531. The van der Waals surface area contributed by atoms with Crippen molar-refractivity contribution in [3.05, 3.63) is 52.7 Å². The number of nitrogens with zero attached hydrogens (tertiary/aromatic N) is 1. The van der Waals surface area contributed by atoms with Crippen LogP contribution >= 0.6 is 11.6 Å². The topological polar surface area (TPSA) is 72.5 Å². The van der Waals surface area contributed by atoms with Crippen LogP contribution in [0.3, 0.4) is 0 Å². The lowest BCUT2D eigenvalue weighted by Gasteiger charge is -2.27. The number of carbonyl (C=O) groups is 1. The zero-order valence-corrected chi connectivity index (χ0v) is 14.8. The summed E-state index contributed by atoms with van der Waals surface area (Å²) in [7, 11) is 1.62. The van der Waals surface area contributed by atoms with E-state index in [1.54, 1.807) is 19.2 Å². The quantitative estimate of drug-likeness (QED) is 0.860. The smallest absolute Gasteiger partial charge is 0.320 e. The van der Waals surface area contributed by atoms with Gasteiger partial charge in [0.05, 0.1) is 29.5 Å². The average molecular weight is 362 g/mol. The number of fused-ring (bicyclic) bond motifs is 1. The number of halogens is 1. The van der Waals surface area contributed by atoms with Gasteiger partial charge in [0, 0.05) is 19.1 Å². The summed E-state index contributed by atoms with van der Waals surface area (Å²) in [5.41, 5.74) is 1.63. The van der Waals surface area contributed by atoms with Crippen LogP contribution in [0.1, 0.15) is 36.7 Å². The molecule has 0 aliphatic carbocycles. The molecule has 0 bridgehead atoms. The molecule has 0 saturated carbocycles. The van der Waals surface area contributed by atoms with Crippen molar-refractivity contribution < 1.29 is 14.3 Å². The van der Waals surface area contributed by atoms with Crippen LogP contribution in [0.15, 0.2) is 36.4 Å². The number of pyridine rings is 1. The molecule has 0 radical (unpaired) electrons. The minimum atomic E-state index is -0.326. The molecule has 2 atom stereocenters. The number of benzene rings is 1. The molecule has 7 heteroatoms. The molecule has 0 fully saturated rings. The van der Waals surface area contributed by atoms with Crippen molar-refractivity contribution in [2.24, 2.45) is 0 Å². The second kappa shape index (κ2) is 7.72. The molecule has 3 rings (SSSR count). The number of amides is 2. The molecule has 0 spiro atoms. The molecule has 25 heavy (non-hydrogen) atoms. The standard InChI is InChI=1S/C18H20ClN3O3/c1-11(24-2)14-7-4-8-16(20-14)22-18(23)21-15-9-10-25-17-12(15)5-3-6-13(17)19/h3-8,11,15H,9-10H2,1-2H3,(H2,20,21,22,23)/t11?,15-/m0/s1. The molecule has 1 aromatic carbocycles. The van der Waals surface area contributed by atoms with Gasteiger partial charge in [-0.15, -0.1) is 0 Å². The highest BCUT2D eigenvalue weighted by atomic mass is 35.5. The molecular weight excluding hydrogens is 342 g/mol. The van der Waals surface area contributed by atoms with Crippen LogP contribution in [0.2, 0.25) is 5.02 Å². The third-order valence-corrected chi connectivity index (χ3v) is 4.41. The van der Waals surface area contributed by atoms with Crippen LogP contribution in [0.4, 0.5) is 10.6 Å². The van der Waals surface area contributed by atoms with Crippen molar-refractivity contribution in [2.75, 3.05) is 19.0 Å². The third kappa shape index (κ3) is 4.03. The van der Waals surface area contributed by atoms with Crippen molar-refractivity contribution >= 4 is 23.4 Å². The van der Waals surface area contributed by atoms with Crippen molar-refractivity contribution in [3.8, 4) is 5.75 Å². The van der Waals surface area contributed by atoms with Crippen LogP contribution in [0.5, 0.6) is 5.75 Å². The summed E-state index contributed by atoms with van der Waals surface area (Å²) in [6.45, 7) is 2.40. The average Bonchev–Trinajstić information content (AvgIpc) is 2.62. The molecule has 1 unspecified atom stereocenters. The van der Waals surface area contributed by atoms with E-state index in [1.807, 2.05) is 31.2 Å². The number of nitrogens with one attached hydrogen (secondary N) is 2. The minimum absolute atomic E-state index is 0.144. The zero-order valence-electron chi connectivity index (χ0n) is 14.1. The number of hydrogen-bond acceptors (Lipinski definition) is 4. The van der Waals surface area contributed by atoms with E-state index in [1.165, 1.54) is 0 Å². The maximum absolute atomic E-state index is 12.4. The lowest BCUT2D eigenvalue weighted by atomic mass is 10.0. The fourth-order valence-corrected chi connectivity index (χ4v) is 2.95. The van der Waals surface area contributed by atoms with Crippen LogP contribution in [0.25, 0.3) is 0 Å². The Labute approximate surface area is 151 Å². The van der Waals surface area contributed by atoms with E-state index in [2.05, 4.69) is 15.6 Å². The van der Waals surface area contributed by atoms with E-state index in [0.29, 0.717) is 29.6 Å². The Balaban J connectivity index is 1.69. The number of urea groups is 1. The number of rotatable bonds is 4. The van der Waals surface area contributed by atoms with E-state index in [4.69, 9.17) is 21.1 Å². The number of ether oxygens (including phenoxy) is 2. The van der Waals surface area contributed by atoms with Gasteiger partial charge >= 0.3 is 6.03 Å². The van der Waals surface area contributed by atoms with Gasteiger partial charge in [0.2, 0.25) is 0 Å². The van der Waals surface area contributed by atoms with Crippen LogP contribution in [-0.2, 0) is 4.74 Å². The summed E-state index contributed by atoms with van der Waals surface area (Å²) in [5, 5.41) is 6.27. The van der Waals surface area contributed by atoms with Crippen molar-refractivity contribution in [1.29, 1.82) is 0 Å². The molecule has 2 N–H and O–H groups in total. The van der Waals surface area contributed by atoms with E-state index >= 15 is 0 Å². The highest BCUT2D eigenvalue weighted by Crippen LogP contribution is 2.37. The normalized spacial score (nSPS) is 17.2.